The molecule has 90 valence electrons. The maximum absolute atomic E-state index is 10.0. The lowest BCUT2D eigenvalue weighted by Gasteiger charge is -2.09. The highest BCUT2D eigenvalue weighted by molar-refractivity contribution is 5.29. The molecule has 0 saturated heterocycles. The third-order valence-electron chi connectivity index (χ3n) is 2.65. The van der Waals surface area contributed by atoms with Gasteiger partial charge in [-0.1, -0.05) is 12.1 Å². The number of aliphatic hydroxyl groups excluding tert-OH is 1. The predicted octanol–water partition coefficient (Wildman–Crippen LogP) is 2.87. The number of methoxy groups -OCH3 is 1. The maximum atomic E-state index is 10.0. The van der Waals surface area contributed by atoms with E-state index in [4.69, 9.17) is 9.15 Å². The molecular weight excluding hydrogens is 216 g/mol. The lowest BCUT2D eigenvalue weighted by atomic mass is 10.1. The van der Waals surface area contributed by atoms with Gasteiger partial charge in [-0.2, -0.15) is 0 Å². The average Bonchev–Trinajstić information content (AvgIpc) is 2.76. The summed E-state index contributed by atoms with van der Waals surface area (Å²) in [6.45, 7) is 1.86. The van der Waals surface area contributed by atoms with Crippen LogP contribution in [-0.4, -0.2) is 12.2 Å². The molecule has 0 amide bonds. The van der Waals surface area contributed by atoms with Crippen LogP contribution in [0.4, 0.5) is 0 Å². The van der Waals surface area contributed by atoms with Gasteiger partial charge >= 0.3 is 0 Å². The molecule has 0 saturated carbocycles. The number of benzene rings is 1. The molecule has 0 spiro atoms. The molecule has 1 aromatic heterocycles. The van der Waals surface area contributed by atoms with Crippen molar-refractivity contribution in [2.24, 2.45) is 0 Å². The number of aryl methyl sites for hydroxylation is 1. The van der Waals surface area contributed by atoms with Crippen molar-refractivity contribution in [1.29, 1.82) is 0 Å². The van der Waals surface area contributed by atoms with Gasteiger partial charge < -0.3 is 14.3 Å². The Bertz CT molecular complexity index is 488. The highest BCUT2D eigenvalue weighted by Crippen LogP contribution is 2.22. The van der Waals surface area contributed by atoms with E-state index in [1.54, 1.807) is 13.2 Å². The highest BCUT2D eigenvalue weighted by atomic mass is 16.5. The highest BCUT2D eigenvalue weighted by Gasteiger charge is 2.12. The van der Waals surface area contributed by atoms with Gasteiger partial charge in [-0.15, -0.1) is 0 Å². The molecule has 1 atom stereocenters. The fraction of sp³-hybridized carbons (Fsp3) is 0.286. The second-order valence-electron chi connectivity index (χ2n) is 4.02. The quantitative estimate of drug-likeness (QED) is 0.881. The topological polar surface area (TPSA) is 42.6 Å². The summed E-state index contributed by atoms with van der Waals surface area (Å²) in [5.74, 6) is 2.21. The number of ether oxygens (including phenoxy) is 1. The van der Waals surface area contributed by atoms with Gasteiger partial charge in [0.1, 0.15) is 23.4 Å². The van der Waals surface area contributed by atoms with E-state index in [0.29, 0.717) is 12.2 Å². The lowest BCUT2D eigenvalue weighted by Crippen LogP contribution is -2.00. The molecule has 0 aliphatic carbocycles. The van der Waals surface area contributed by atoms with E-state index in [9.17, 15) is 5.11 Å². The molecule has 0 aliphatic heterocycles. The molecule has 1 N–H and O–H groups in total. The zero-order valence-electron chi connectivity index (χ0n) is 10.0. The summed E-state index contributed by atoms with van der Waals surface area (Å²) in [7, 11) is 1.63. The summed E-state index contributed by atoms with van der Waals surface area (Å²) in [5, 5.41) is 10.0. The molecule has 1 unspecified atom stereocenters. The smallest absolute Gasteiger partial charge is 0.132 e. The molecule has 17 heavy (non-hydrogen) atoms. The summed E-state index contributed by atoms with van der Waals surface area (Å²) in [4.78, 5) is 0. The van der Waals surface area contributed by atoms with Crippen molar-refractivity contribution in [3.8, 4) is 5.75 Å². The van der Waals surface area contributed by atoms with Crippen molar-refractivity contribution in [1.82, 2.24) is 0 Å². The first kappa shape index (κ1) is 11.7. The summed E-state index contributed by atoms with van der Waals surface area (Å²) in [6, 6.07) is 11.3. The van der Waals surface area contributed by atoms with E-state index in [1.807, 2.05) is 37.3 Å². The van der Waals surface area contributed by atoms with E-state index in [1.165, 1.54) is 0 Å². The fourth-order valence-electron chi connectivity index (χ4n) is 1.76. The monoisotopic (exact) mass is 232 g/mol. The van der Waals surface area contributed by atoms with Crippen LogP contribution in [0.3, 0.4) is 0 Å². The van der Waals surface area contributed by atoms with Crippen molar-refractivity contribution in [3.63, 3.8) is 0 Å². The molecule has 3 heteroatoms. The van der Waals surface area contributed by atoms with Crippen LogP contribution in [0.1, 0.15) is 23.2 Å². The van der Waals surface area contributed by atoms with Crippen LogP contribution in [0.5, 0.6) is 5.75 Å². The predicted molar refractivity (Wildman–Crippen MR) is 65.1 cm³/mol. The number of furan rings is 1. The fourth-order valence-corrected chi connectivity index (χ4v) is 1.76. The molecule has 0 bridgehead atoms. The molecule has 1 heterocycles. The van der Waals surface area contributed by atoms with E-state index in [0.717, 1.165) is 17.1 Å². The molecule has 0 aliphatic rings. The zero-order valence-corrected chi connectivity index (χ0v) is 10.0. The molecule has 0 radical (unpaired) electrons. The Morgan fingerprint density at radius 1 is 1.29 bits per heavy atom. The first-order valence-corrected chi connectivity index (χ1v) is 5.56. The molecule has 0 fully saturated rings. The molecule has 2 aromatic rings. The van der Waals surface area contributed by atoms with Crippen LogP contribution in [0.25, 0.3) is 0 Å². The standard InChI is InChI=1S/C14H16O3/c1-10-6-7-14(17-10)13(15)9-11-4-3-5-12(8-11)16-2/h3-8,13,15H,9H2,1-2H3. The largest absolute Gasteiger partial charge is 0.497 e. The number of hydrogen-bond donors (Lipinski definition) is 1. The van der Waals surface area contributed by atoms with Gasteiger partial charge in [0.25, 0.3) is 0 Å². The Balaban J connectivity index is 2.09. The molecule has 3 nitrogen and oxygen atoms in total. The Morgan fingerprint density at radius 3 is 2.76 bits per heavy atom. The lowest BCUT2D eigenvalue weighted by molar-refractivity contribution is 0.149. The average molecular weight is 232 g/mol. The van der Waals surface area contributed by atoms with Gasteiger partial charge in [0.2, 0.25) is 0 Å². The zero-order chi connectivity index (χ0) is 12.3. The van der Waals surface area contributed by atoms with E-state index in [2.05, 4.69) is 0 Å². The van der Waals surface area contributed by atoms with Crippen LogP contribution in [0.2, 0.25) is 0 Å². The van der Waals surface area contributed by atoms with Gasteiger partial charge in [-0.05, 0) is 36.8 Å². The van der Waals surface area contributed by atoms with Gasteiger partial charge in [0.05, 0.1) is 7.11 Å². The summed E-state index contributed by atoms with van der Waals surface area (Å²) in [6.07, 6.45) is -0.0970. The SMILES string of the molecule is COc1cccc(CC(O)c2ccc(C)o2)c1. The van der Waals surface area contributed by atoms with E-state index < -0.39 is 6.10 Å². The van der Waals surface area contributed by atoms with Crippen LogP contribution in [0, 0.1) is 6.92 Å². The van der Waals surface area contributed by atoms with Gasteiger partial charge in [-0.25, -0.2) is 0 Å². The normalized spacial score (nSPS) is 12.4. The van der Waals surface area contributed by atoms with Crippen LogP contribution >= 0.6 is 0 Å². The third-order valence-corrected chi connectivity index (χ3v) is 2.65. The van der Waals surface area contributed by atoms with Crippen molar-refractivity contribution >= 4 is 0 Å². The van der Waals surface area contributed by atoms with Crippen LogP contribution in [-0.2, 0) is 6.42 Å². The third kappa shape index (κ3) is 2.88. The van der Waals surface area contributed by atoms with Crippen LogP contribution < -0.4 is 4.74 Å². The second-order valence-corrected chi connectivity index (χ2v) is 4.02. The Morgan fingerprint density at radius 2 is 2.12 bits per heavy atom. The maximum Gasteiger partial charge on any atom is 0.132 e. The number of aliphatic hydroxyl groups is 1. The van der Waals surface area contributed by atoms with Crippen molar-refractivity contribution in [2.75, 3.05) is 7.11 Å². The second kappa shape index (κ2) is 5.06. The molecular formula is C14H16O3. The summed E-state index contributed by atoms with van der Waals surface area (Å²) >= 11 is 0. The minimum Gasteiger partial charge on any atom is -0.497 e. The van der Waals surface area contributed by atoms with Crippen molar-refractivity contribution < 1.29 is 14.3 Å². The van der Waals surface area contributed by atoms with Crippen molar-refractivity contribution in [2.45, 2.75) is 19.4 Å². The van der Waals surface area contributed by atoms with Gasteiger partial charge in [0.15, 0.2) is 0 Å². The van der Waals surface area contributed by atoms with Crippen LogP contribution in [0.15, 0.2) is 40.8 Å². The number of rotatable bonds is 4. The first-order valence-electron chi connectivity index (χ1n) is 5.56. The van der Waals surface area contributed by atoms with Gasteiger partial charge in [0, 0.05) is 6.42 Å². The van der Waals surface area contributed by atoms with Crippen molar-refractivity contribution in [3.05, 3.63) is 53.5 Å². The van der Waals surface area contributed by atoms with Gasteiger partial charge in [-0.3, -0.25) is 0 Å². The Labute approximate surface area is 101 Å². The Hall–Kier alpha value is -1.74. The molecule has 1 aromatic carbocycles. The summed E-state index contributed by atoms with van der Waals surface area (Å²) in [5.41, 5.74) is 1.02. The van der Waals surface area contributed by atoms with E-state index >= 15 is 0 Å². The summed E-state index contributed by atoms with van der Waals surface area (Å²) < 4.78 is 10.5. The number of hydrogen-bond acceptors (Lipinski definition) is 3. The minimum atomic E-state index is -0.615. The Kier molecular flexibility index (Phi) is 3.49. The first-order chi connectivity index (χ1) is 8.19. The molecule has 2 rings (SSSR count). The van der Waals surface area contributed by atoms with E-state index in [-0.39, 0.29) is 0 Å². The minimum absolute atomic E-state index is 0.518.